The Bertz CT molecular complexity index is 588. The number of carbonyl (C=O) groups excluding carboxylic acids is 1. The molecule has 2 rings (SSSR count). The molecule has 0 aromatic carbocycles. The van der Waals surface area contributed by atoms with Crippen LogP contribution in [0.5, 0.6) is 5.88 Å². The van der Waals surface area contributed by atoms with Crippen LogP contribution < -0.4 is 10.1 Å². The number of nitrogens with one attached hydrogen (secondary N) is 1. The highest BCUT2D eigenvalue weighted by Gasteiger charge is 2.36. The molecule has 1 aromatic rings. The molecule has 2 heterocycles. The second-order valence-corrected chi connectivity index (χ2v) is 6.27. The van der Waals surface area contributed by atoms with Gasteiger partial charge in [-0.25, -0.2) is 4.98 Å². The van der Waals surface area contributed by atoms with E-state index < -0.39 is 0 Å². The molecule has 1 aromatic heterocycles. The van der Waals surface area contributed by atoms with Crippen LogP contribution in [0, 0.1) is 11.8 Å². The average molecular weight is 348 g/mol. The Morgan fingerprint density at radius 1 is 1.44 bits per heavy atom. The van der Waals surface area contributed by atoms with Crippen molar-refractivity contribution in [3.05, 3.63) is 23.9 Å². The summed E-state index contributed by atoms with van der Waals surface area (Å²) in [7, 11) is 3.18. The number of nitrogens with zero attached hydrogens (tertiary/aromatic N) is 3. The third-order valence-electron chi connectivity index (χ3n) is 4.33. The molecule has 1 aliphatic heterocycles. The topological polar surface area (TPSA) is 76.0 Å². The molecule has 0 aliphatic carbocycles. The minimum atomic E-state index is -0.155. The molecule has 0 spiro atoms. The molecule has 0 bridgehead atoms. The molecule has 0 saturated carbocycles. The summed E-state index contributed by atoms with van der Waals surface area (Å²) in [6.45, 7) is 6.81. The second-order valence-electron chi connectivity index (χ2n) is 6.27. The molecule has 7 heteroatoms. The lowest BCUT2D eigenvalue weighted by molar-refractivity contribution is -0.145. The predicted molar refractivity (Wildman–Crippen MR) is 96.5 cm³/mol. The van der Waals surface area contributed by atoms with Gasteiger partial charge in [0, 0.05) is 38.9 Å². The first-order valence-electron chi connectivity index (χ1n) is 8.70. The lowest BCUT2D eigenvalue weighted by Crippen LogP contribution is -2.40. The number of rotatable bonds is 6. The average Bonchev–Trinajstić information content (AvgIpc) is 3.02. The van der Waals surface area contributed by atoms with Gasteiger partial charge < -0.3 is 19.7 Å². The Hall–Kier alpha value is -2.31. The van der Waals surface area contributed by atoms with Crippen molar-refractivity contribution in [2.75, 3.05) is 33.9 Å². The standard InChI is InChI=1S/C18H28N4O3/c1-5-8-25-16-7-6-14(9-20-16)10-21-18(19-3)22-11-13(2)15(12-22)17(23)24-4/h6-7,9,13,15H,5,8,10-12H2,1-4H3,(H,19,21). The van der Waals surface area contributed by atoms with Crippen molar-refractivity contribution < 1.29 is 14.3 Å². The van der Waals surface area contributed by atoms with E-state index in [1.165, 1.54) is 7.11 Å². The van der Waals surface area contributed by atoms with Gasteiger partial charge in [0.2, 0.25) is 5.88 Å². The van der Waals surface area contributed by atoms with Crippen LogP contribution in [-0.4, -0.2) is 55.7 Å². The second kappa shape index (κ2) is 9.25. The summed E-state index contributed by atoms with van der Waals surface area (Å²) < 4.78 is 10.4. The number of ether oxygens (including phenoxy) is 2. The number of methoxy groups -OCH3 is 1. The predicted octanol–water partition coefficient (Wildman–Crippen LogP) is 1.69. The number of aliphatic imine (C=N–C) groups is 1. The molecular formula is C18H28N4O3. The highest BCUT2D eigenvalue weighted by molar-refractivity contribution is 5.82. The first-order chi connectivity index (χ1) is 12.1. The number of carbonyl (C=O) groups is 1. The molecule has 1 saturated heterocycles. The maximum atomic E-state index is 11.8. The zero-order valence-corrected chi connectivity index (χ0v) is 15.5. The zero-order valence-electron chi connectivity index (χ0n) is 15.5. The van der Waals surface area contributed by atoms with Crippen LogP contribution >= 0.6 is 0 Å². The number of guanidine groups is 1. The van der Waals surface area contributed by atoms with Gasteiger partial charge in [0.1, 0.15) is 0 Å². The van der Waals surface area contributed by atoms with Gasteiger partial charge >= 0.3 is 5.97 Å². The van der Waals surface area contributed by atoms with Gasteiger partial charge in [0.05, 0.1) is 19.6 Å². The Balaban J connectivity index is 1.89. The number of aromatic nitrogens is 1. The summed E-state index contributed by atoms with van der Waals surface area (Å²) in [6, 6.07) is 3.86. The van der Waals surface area contributed by atoms with Gasteiger partial charge in [0.15, 0.2) is 5.96 Å². The number of likely N-dealkylation sites (tertiary alicyclic amines) is 1. The van der Waals surface area contributed by atoms with Crippen LogP contribution in [0.15, 0.2) is 23.3 Å². The molecular weight excluding hydrogens is 320 g/mol. The minimum absolute atomic E-state index is 0.111. The van der Waals surface area contributed by atoms with Crippen molar-refractivity contribution in [1.29, 1.82) is 0 Å². The maximum absolute atomic E-state index is 11.8. The fourth-order valence-electron chi connectivity index (χ4n) is 2.92. The smallest absolute Gasteiger partial charge is 0.310 e. The Labute approximate surface area is 149 Å². The third-order valence-corrected chi connectivity index (χ3v) is 4.33. The van der Waals surface area contributed by atoms with E-state index in [4.69, 9.17) is 9.47 Å². The minimum Gasteiger partial charge on any atom is -0.478 e. The number of hydrogen-bond acceptors (Lipinski definition) is 5. The molecule has 1 aliphatic rings. The van der Waals surface area contributed by atoms with E-state index in [1.54, 1.807) is 13.2 Å². The summed E-state index contributed by atoms with van der Waals surface area (Å²) in [5.41, 5.74) is 1.04. The van der Waals surface area contributed by atoms with E-state index in [9.17, 15) is 4.79 Å². The largest absolute Gasteiger partial charge is 0.478 e. The van der Waals surface area contributed by atoms with Crippen LogP contribution in [0.2, 0.25) is 0 Å². The van der Waals surface area contributed by atoms with E-state index >= 15 is 0 Å². The quantitative estimate of drug-likeness (QED) is 0.479. The number of esters is 1. The zero-order chi connectivity index (χ0) is 18.2. The normalized spacial score (nSPS) is 20.5. The highest BCUT2D eigenvalue weighted by atomic mass is 16.5. The van der Waals surface area contributed by atoms with Crippen LogP contribution in [0.1, 0.15) is 25.8 Å². The van der Waals surface area contributed by atoms with Crippen molar-refractivity contribution in [3.63, 3.8) is 0 Å². The van der Waals surface area contributed by atoms with Crippen LogP contribution in [0.25, 0.3) is 0 Å². The number of hydrogen-bond donors (Lipinski definition) is 1. The van der Waals surface area contributed by atoms with E-state index in [1.807, 2.05) is 12.1 Å². The first kappa shape index (κ1) is 19.0. The van der Waals surface area contributed by atoms with Gasteiger partial charge in [-0.05, 0) is 17.9 Å². The van der Waals surface area contributed by atoms with E-state index in [0.717, 1.165) is 24.5 Å². The van der Waals surface area contributed by atoms with Crippen molar-refractivity contribution in [3.8, 4) is 5.88 Å². The lowest BCUT2D eigenvalue weighted by atomic mass is 9.99. The molecule has 1 fully saturated rings. The molecule has 2 unspecified atom stereocenters. The first-order valence-corrected chi connectivity index (χ1v) is 8.70. The van der Waals surface area contributed by atoms with Crippen molar-refractivity contribution in [2.45, 2.75) is 26.8 Å². The molecule has 25 heavy (non-hydrogen) atoms. The van der Waals surface area contributed by atoms with Crippen LogP contribution in [0.4, 0.5) is 0 Å². The van der Waals surface area contributed by atoms with E-state index in [-0.39, 0.29) is 17.8 Å². The van der Waals surface area contributed by atoms with Crippen LogP contribution in [-0.2, 0) is 16.1 Å². The summed E-state index contributed by atoms with van der Waals surface area (Å²) >= 11 is 0. The monoisotopic (exact) mass is 348 g/mol. The van der Waals surface area contributed by atoms with Crippen molar-refractivity contribution in [2.24, 2.45) is 16.8 Å². The Morgan fingerprint density at radius 2 is 2.24 bits per heavy atom. The highest BCUT2D eigenvalue weighted by Crippen LogP contribution is 2.24. The van der Waals surface area contributed by atoms with Crippen LogP contribution in [0.3, 0.4) is 0 Å². The summed E-state index contributed by atoms with van der Waals surface area (Å²) in [5, 5.41) is 3.33. The van der Waals surface area contributed by atoms with Crippen molar-refractivity contribution >= 4 is 11.9 Å². The van der Waals surface area contributed by atoms with Crippen molar-refractivity contribution in [1.82, 2.24) is 15.2 Å². The van der Waals surface area contributed by atoms with Gasteiger partial charge in [-0.15, -0.1) is 0 Å². The Kier molecular flexibility index (Phi) is 7.03. The lowest BCUT2D eigenvalue weighted by Gasteiger charge is -2.21. The summed E-state index contributed by atoms with van der Waals surface area (Å²) in [5.74, 6) is 1.40. The van der Waals surface area contributed by atoms with E-state index in [0.29, 0.717) is 25.6 Å². The summed E-state index contributed by atoms with van der Waals surface area (Å²) in [4.78, 5) is 22.6. The fraction of sp³-hybridized carbons (Fsp3) is 0.611. The molecule has 0 radical (unpaired) electrons. The van der Waals surface area contributed by atoms with Gasteiger partial charge in [-0.3, -0.25) is 9.79 Å². The van der Waals surface area contributed by atoms with Gasteiger partial charge in [-0.2, -0.15) is 0 Å². The molecule has 7 nitrogen and oxygen atoms in total. The summed E-state index contributed by atoms with van der Waals surface area (Å²) in [6.07, 6.45) is 2.76. The van der Waals surface area contributed by atoms with Gasteiger partial charge in [-0.1, -0.05) is 19.9 Å². The Morgan fingerprint density at radius 3 is 2.84 bits per heavy atom. The SMILES string of the molecule is CCCOc1ccc(CNC(=NC)N2CC(C)C(C(=O)OC)C2)cn1. The third kappa shape index (κ3) is 5.08. The van der Waals surface area contributed by atoms with Gasteiger partial charge in [0.25, 0.3) is 0 Å². The molecule has 1 N–H and O–H groups in total. The maximum Gasteiger partial charge on any atom is 0.310 e. The molecule has 138 valence electrons. The molecule has 2 atom stereocenters. The van der Waals surface area contributed by atoms with E-state index in [2.05, 4.69) is 34.0 Å². The molecule has 0 amide bonds. The number of pyridine rings is 1. The fourth-order valence-corrected chi connectivity index (χ4v) is 2.92.